The molecule has 0 rings (SSSR count). The molecule has 40 heavy (non-hydrogen) atoms. The molecule has 0 fully saturated rings. The molecule has 0 aliphatic rings. The molecule has 0 aromatic rings. The van der Waals surface area contributed by atoms with Crippen molar-refractivity contribution in [1.29, 1.82) is 0 Å². The van der Waals surface area contributed by atoms with Gasteiger partial charge >= 0.3 is 7.82 Å². The van der Waals surface area contributed by atoms with Crippen LogP contribution in [-0.4, -0.2) is 73.4 Å². The molecular formula is C31H62N2O6P+. The predicted molar refractivity (Wildman–Crippen MR) is 166 cm³/mol. The molecule has 0 aromatic carbocycles. The lowest BCUT2D eigenvalue weighted by molar-refractivity contribution is -0.870. The van der Waals surface area contributed by atoms with Gasteiger partial charge in [-0.2, -0.15) is 0 Å². The van der Waals surface area contributed by atoms with Crippen molar-refractivity contribution in [2.24, 2.45) is 0 Å². The molecule has 0 heterocycles. The van der Waals surface area contributed by atoms with Gasteiger partial charge in [-0.15, -0.1) is 0 Å². The number of phosphoric acid groups is 1. The fourth-order valence-electron chi connectivity index (χ4n) is 4.04. The number of aliphatic hydroxyl groups excluding tert-OH is 1. The number of allylic oxidation sites excluding steroid dienone is 3. The smallest absolute Gasteiger partial charge is 0.387 e. The maximum Gasteiger partial charge on any atom is 0.472 e. The van der Waals surface area contributed by atoms with Crippen LogP contribution in [0.5, 0.6) is 0 Å². The third kappa shape index (κ3) is 25.9. The molecule has 1 amide bonds. The van der Waals surface area contributed by atoms with Crippen LogP contribution in [0.15, 0.2) is 24.3 Å². The Hall–Kier alpha value is -1.02. The molecule has 0 aromatic heterocycles. The highest BCUT2D eigenvalue weighted by Crippen LogP contribution is 2.43. The molecule has 3 unspecified atom stereocenters. The summed E-state index contributed by atoms with van der Waals surface area (Å²) in [6, 6.07) is -0.852. The number of hydrogen-bond acceptors (Lipinski definition) is 5. The number of hydrogen-bond donors (Lipinski definition) is 3. The van der Waals surface area contributed by atoms with Crippen molar-refractivity contribution in [1.82, 2.24) is 5.32 Å². The van der Waals surface area contributed by atoms with Crippen molar-refractivity contribution < 1.29 is 32.9 Å². The molecule has 0 aliphatic heterocycles. The molecule has 8 nitrogen and oxygen atoms in total. The third-order valence-electron chi connectivity index (χ3n) is 6.67. The van der Waals surface area contributed by atoms with Gasteiger partial charge in [-0.3, -0.25) is 13.8 Å². The molecule has 0 radical (unpaired) electrons. The number of aliphatic hydroxyl groups is 1. The molecular weight excluding hydrogens is 527 g/mol. The van der Waals surface area contributed by atoms with Gasteiger partial charge in [0.05, 0.1) is 39.9 Å². The molecule has 3 N–H and O–H groups in total. The number of unbranched alkanes of at least 4 members (excludes halogenated alkanes) is 12. The van der Waals surface area contributed by atoms with Crippen molar-refractivity contribution in [3.05, 3.63) is 24.3 Å². The number of carbonyl (C=O) groups is 1. The molecule has 0 saturated carbocycles. The topological polar surface area (TPSA) is 105 Å². The molecule has 0 bridgehead atoms. The summed E-state index contributed by atoms with van der Waals surface area (Å²) in [5.41, 5.74) is 0. The van der Waals surface area contributed by atoms with Gasteiger partial charge in [-0.05, 0) is 38.5 Å². The highest BCUT2D eigenvalue weighted by atomic mass is 31.2. The van der Waals surface area contributed by atoms with Crippen LogP contribution in [0.1, 0.15) is 117 Å². The van der Waals surface area contributed by atoms with Crippen LogP contribution in [0, 0.1) is 0 Å². The first-order valence-corrected chi connectivity index (χ1v) is 17.2. The maximum absolute atomic E-state index is 12.6. The van der Waals surface area contributed by atoms with Gasteiger partial charge in [-0.25, -0.2) is 4.57 Å². The highest BCUT2D eigenvalue weighted by Gasteiger charge is 2.27. The number of nitrogens with zero attached hydrogens (tertiary/aromatic N) is 1. The standard InChI is InChI=1S/C31H61N2O6P/c1-6-8-10-12-14-16-18-20-22-24-30(34)29(28-39-40(36,37)38-27-26-33(3,4)5)32-31(35)25-23-21-19-17-15-13-11-9-7-2/h17,19,22,24,29-30,34H,6-16,18,20-21,23,25-28H2,1-5H3,(H-,32,35,36,37)/p+1/b19-17-,24-22+. The van der Waals surface area contributed by atoms with Gasteiger partial charge in [0.15, 0.2) is 0 Å². The molecule has 9 heteroatoms. The Labute approximate surface area is 245 Å². The van der Waals surface area contributed by atoms with Gasteiger partial charge < -0.3 is 19.8 Å². The van der Waals surface area contributed by atoms with E-state index in [9.17, 15) is 19.4 Å². The Kier molecular flexibility index (Phi) is 23.9. The minimum Gasteiger partial charge on any atom is -0.387 e. The molecule has 0 spiro atoms. The molecule has 236 valence electrons. The van der Waals surface area contributed by atoms with Crippen LogP contribution >= 0.6 is 7.82 Å². The number of amides is 1. The van der Waals surface area contributed by atoms with Crippen LogP contribution in [0.2, 0.25) is 0 Å². The van der Waals surface area contributed by atoms with E-state index in [1.54, 1.807) is 6.08 Å². The van der Waals surface area contributed by atoms with E-state index in [1.807, 2.05) is 27.2 Å². The second kappa shape index (κ2) is 24.6. The van der Waals surface area contributed by atoms with Gasteiger partial charge in [0.25, 0.3) is 0 Å². The first kappa shape index (κ1) is 39.0. The van der Waals surface area contributed by atoms with Crippen molar-refractivity contribution in [3.8, 4) is 0 Å². The molecule has 0 aliphatic carbocycles. The van der Waals surface area contributed by atoms with Gasteiger partial charge in [0.2, 0.25) is 5.91 Å². The summed E-state index contributed by atoms with van der Waals surface area (Å²) >= 11 is 0. The van der Waals surface area contributed by atoms with E-state index < -0.39 is 20.0 Å². The lowest BCUT2D eigenvalue weighted by atomic mass is 10.1. The normalized spacial score (nSPS) is 15.5. The Morgan fingerprint density at radius 1 is 0.825 bits per heavy atom. The number of rotatable bonds is 27. The Balaban J connectivity index is 4.74. The average molecular weight is 590 g/mol. The summed E-state index contributed by atoms with van der Waals surface area (Å²) in [5.74, 6) is -0.219. The zero-order chi connectivity index (χ0) is 30.1. The third-order valence-corrected chi connectivity index (χ3v) is 7.65. The SMILES string of the molecule is CCCCCC/C=C\CCCC(=O)NC(COP(=O)(O)OCC[N+](C)(C)C)C(O)/C=C/CCCCCCCCC. The molecule has 3 atom stereocenters. The minimum absolute atomic E-state index is 0.0569. The first-order valence-electron chi connectivity index (χ1n) is 15.7. The zero-order valence-corrected chi connectivity index (χ0v) is 27.2. The highest BCUT2D eigenvalue weighted by molar-refractivity contribution is 7.47. The number of likely N-dealkylation sites (N-methyl/N-ethyl adjacent to an activating group) is 1. The summed E-state index contributed by atoms with van der Waals surface area (Å²) < 4.78 is 23.2. The van der Waals surface area contributed by atoms with E-state index in [0.717, 1.165) is 32.1 Å². The van der Waals surface area contributed by atoms with E-state index in [0.29, 0.717) is 23.9 Å². The number of phosphoric ester groups is 1. The van der Waals surface area contributed by atoms with E-state index in [2.05, 4.69) is 31.3 Å². The van der Waals surface area contributed by atoms with E-state index >= 15 is 0 Å². The Morgan fingerprint density at radius 2 is 1.35 bits per heavy atom. The first-order chi connectivity index (χ1) is 19.0. The minimum atomic E-state index is -4.32. The van der Waals surface area contributed by atoms with Crippen LogP contribution in [0.3, 0.4) is 0 Å². The number of carbonyl (C=O) groups excluding carboxylic acids is 1. The summed E-state index contributed by atoms with van der Waals surface area (Å²) in [5, 5.41) is 13.6. The average Bonchev–Trinajstić information content (AvgIpc) is 2.88. The van der Waals surface area contributed by atoms with E-state index in [4.69, 9.17) is 9.05 Å². The summed E-state index contributed by atoms with van der Waals surface area (Å²) in [6.45, 7) is 4.68. The Bertz CT molecular complexity index is 723. The van der Waals surface area contributed by atoms with Gasteiger partial charge in [0, 0.05) is 6.42 Å². The maximum atomic E-state index is 12.6. The largest absolute Gasteiger partial charge is 0.472 e. The zero-order valence-electron chi connectivity index (χ0n) is 26.3. The van der Waals surface area contributed by atoms with E-state index in [1.165, 1.54) is 57.8 Å². The van der Waals surface area contributed by atoms with Gasteiger partial charge in [0.1, 0.15) is 13.2 Å². The number of quaternary nitrogens is 1. The molecule has 0 saturated heterocycles. The van der Waals surface area contributed by atoms with Crippen molar-refractivity contribution in [2.45, 2.75) is 129 Å². The van der Waals surface area contributed by atoms with Crippen LogP contribution in [-0.2, 0) is 18.4 Å². The van der Waals surface area contributed by atoms with E-state index in [-0.39, 0.29) is 19.1 Å². The summed E-state index contributed by atoms with van der Waals surface area (Å²) in [6.07, 6.45) is 24.0. The fraction of sp³-hybridized carbons (Fsp3) is 0.839. The lowest BCUT2D eigenvalue weighted by Gasteiger charge is -2.25. The van der Waals surface area contributed by atoms with Gasteiger partial charge in [-0.1, -0.05) is 95.9 Å². The summed E-state index contributed by atoms with van der Waals surface area (Å²) in [4.78, 5) is 22.7. The summed E-state index contributed by atoms with van der Waals surface area (Å²) in [7, 11) is 1.55. The van der Waals surface area contributed by atoms with Crippen molar-refractivity contribution >= 4 is 13.7 Å². The Morgan fingerprint density at radius 3 is 1.95 bits per heavy atom. The quantitative estimate of drug-likeness (QED) is 0.0410. The van der Waals surface area contributed by atoms with Crippen molar-refractivity contribution in [2.75, 3.05) is 40.9 Å². The van der Waals surface area contributed by atoms with Crippen LogP contribution < -0.4 is 5.32 Å². The lowest BCUT2D eigenvalue weighted by Crippen LogP contribution is -2.45. The second-order valence-corrected chi connectivity index (χ2v) is 13.3. The fourth-order valence-corrected chi connectivity index (χ4v) is 4.78. The van der Waals surface area contributed by atoms with Crippen LogP contribution in [0.25, 0.3) is 0 Å². The predicted octanol–water partition coefficient (Wildman–Crippen LogP) is 7.07. The monoisotopic (exact) mass is 589 g/mol. The van der Waals surface area contributed by atoms with Crippen molar-refractivity contribution in [3.63, 3.8) is 0 Å². The second-order valence-electron chi connectivity index (χ2n) is 11.8. The van der Waals surface area contributed by atoms with Crippen LogP contribution in [0.4, 0.5) is 0 Å². The number of nitrogens with one attached hydrogen (secondary N) is 1.